The Kier molecular flexibility index (Phi) is 7.73. The molecule has 0 spiro atoms. The van der Waals surface area contributed by atoms with Gasteiger partial charge in [0, 0.05) is 16.3 Å². The zero-order valence-electron chi connectivity index (χ0n) is 16.2. The summed E-state index contributed by atoms with van der Waals surface area (Å²) in [5.74, 6) is 0.349. The number of rotatable bonds is 7. The fraction of sp³-hybridized carbons (Fsp3) is 0.200. The van der Waals surface area contributed by atoms with Crippen LogP contribution in [0.2, 0.25) is 5.02 Å². The van der Waals surface area contributed by atoms with E-state index in [1.807, 2.05) is 31.2 Å². The van der Waals surface area contributed by atoms with E-state index in [0.29, 0.717) is 21.6 Å². The molecule has 1 atom stereocenters. The lowest BCUT2D eigenvalue weighted by molar-refractivity contribution is -0.113. The summed E-state index contributed by atoms with van der Waals surface area (Å²) in [5.41, 5.74) is 1.14. The quantitative estimate of drug-likeness (QED) is 0.335. The van der Waals surface area contributed by atoms with Gasteiger partial charge in [0.05, 0.1) is 22.4 Å². The van der Waals surface area contributed by atoms with Crippen LogP contribution in [0.1, 0.15) is 29.1 Å². The largest absolute Gasteiger partial charge is 0.342 e. The van der Waals surface area contributed by atoms with Crippen molar-refractivity contribution in [2.24, 2.45) is 7.05 Å². The molecule has 0 aliphatic rings. The predicted molar refractivity (Wildman–Crippen MR) is 127 cm³/mol. The van der Waals surface area contributed by atoms with Gasteiger partial charge in [-0.25, -0.2) is 0 Å². The molecule has 0 saturated heterocycles. The van der Waals surface area contributed by atoms with Crippen molar-refractivity contribution in [2.45, 2.75) is 18.1 Å². The highest BCUT2D eigenvalue weighted by molar-refractivity contribution is 14.1. The summed E-state index contributed by atoms with van der Waals surface area (Å²) in [6, 6.07) is 14.0. The smallest absolute Gasteiger partial charge is 0.253 e. The van der Waals surface area contributed by atoms with Crippen molar-refractivity contribution in [2.75, 3.05) is 11.1 Å². The molecule has 30 heavy (non-hydrogen) atoms. The second-order valence-electron chi connectivity index (χ2n) is 6.42. The number of anilines is 1. The highest BCUT2D eigenvalue weighted by Gasteiger charge is 2.20. The van der Waals surface area contributed by atoms with Gasteiger partial charge >= 0.3 is 0 Å². The number of nitrogens with zero attached hydrogens (tertiary/aromatic N) is 3. The monoisotopic (exact) mass is 555 g/mol. The third-order valence-corrected chi connectivity index (χ3v) is 6.25. The number of amides is 2. The van der Waals surface area contributed by atoms with Gasteiger partial charge in [0.1, 0.15) is 0 Å². The zero-order chi connectivity index (χ0) is 21.7. The van der Waals surface area contributed by atoms with Crippen LogP contribution in [0.25, 0.3) is 0 Å². The molecule has 156 valence electrons. The van der Waals surface area contributed by atoms with Gasteiger partial charge in [-0.2, -0.15) is 0 Å². The summed E-state index contributed by atoms with van der Waals surface area (Å²) >= 11 is 9.57. The van der Waals surface area contributed by atoms with Gasteiger partial charge in [0.25, 0.3) is 5.91 Å². The summed E-state index contributed by atoms with van der Waals surface area (Å²) < 4.78 is 2.86. The molecule has 7 nitrogen and oxygen atoms in total. The number of thioether (sulfide) groups is 1. The van der Waals surface area contributed by atoms with E-state index in [4.69, 9.17) is 11.6 Å². The molecule has 1 aromatic heterocycles. The van der Waals surface area contributed by atoms with Gasteiger partial charge in [-0.05, 0) is 65.9 Å². The zero-order valence-corrected chi connectivity index (χ0v) is 20.0. The molecule has 10 heteroatoms. The van der Waals surface area contributed by atoms with Crippen LogP contribution in [0.15, 0.2) is 53.7 Å². The molecule has 0 bridgehead atoms. The Morgan fingerprint density at radius 1 is 1.17 bits per heavy atom. The van der Waals surface area contributed by atoms with Crippen molar-refractivity contribution in [3.63, 3.8) is 0 Å². The number of benzene rings is 2. The lowest BCUT2D eigenvalue weighted by Gasteiger charge is -2.14. The number of halogens is 2. The van der Waals surface area contributed by atoms with Crippen LogP contribution in [-0.4, -0.2) is 32.3 Å². The normalized spacial score (nSPS) is 11.7. The summed E-state index contributed by atoms with van der Waals surface area (Å²) in [7, 11) is 1.80. The molecule has 0 radical (unpaired) electrons. The van der Waals surface area contributed by atoms with Gasteiger partial charge in [0.15, 0.2) is 11.0 Å². The molecule has 0 fully saturated rings. The Morgan fingerprint density at radius 3 is 2.57 bits per heavy atom. The minimum atomic E-state index is -0.388. The first-order valence-corrected chi connectivity index (χ1v) is 11.4. The van der Waals surface area contributed by atoms with Gasteiger partial charge < -0.3 is 15.2 Å². The van der Waals surface area contributed by atoms with Gasteiger partial charge in [-0.1, -0.05) is 35.5 Å². The molecule has 0 aliphatic heterocycles. The summed E-state index contributed by atoms with van der Waals surface area (Å²) in [5, 5.41) is 15.0. The average molecular weight is 556 g/mol. The van der Waals surface area contributed by atoms with Crippen molar-refractivity contribution in [1.82, 2.24) is 20.1 Å². The first kappa shape index (κ1) is 22.6. The molecular weight excluding hydrogens is 537 g/mol. The minimum Gasteiger partial charge on any atom is -0.342 e. The van der Waals surface area contributed by atoms with Crippen LogP contribution < -0.4 is 10.6 Å². The fourth-order valence-electron chi connectivity index (χ4n) is 2.67. The second kappa shape index (κ2) is 10.3. The molecule has 3 aromatic rings. The molecule has 0 saturated carbocycles. The molecule has 2 N–H and O–H groups in total. The number of carbonyl (C=O) groups excluding carboxylic acids is 2. The Morgan fingerprint density at radius 2 is 1.87 bits per heavy atom. The van der Waals surface area contributed by atoms with Crippen LogP contribution >= 0.6 is 46.0 Å². The molecule has 2 aromatic carbocycles. The van der Waals surface area contributed by atoms with E-state index in [2.05, 4.69) is 43.4 Å². The van der Waals surface area contributed by atoms with Crippen LogP contribution in [0.3, 0.4) is 0 Å². The van der Waals surface area contributed by atoms with Crippen molar-refractivity contribution in [3.05, 3.63) is 68.5 Å². The molecule has 2 amide bonds. The highest BCUT2D eigenvalue weighted by Crippen LogP contribution is 2.21. The Labute approximate surface area is 197 Å². The van der Waals surface area contributed by atoms with E-state index >= 15 is 0 Å². The number of nitrogens with one attached hydrogen (secondary N) is 2. The maximum absolute atomic E-state index is 12.5. The third-order valence-electron chi connectivity index (χ3n) is 4.18. The number of carbonyl (C=O) groups is 2. The van der Waals surface area contributed by atoms with Crippen LogP contribution in [0, 0.1) is 3.57 Å². The Bertz CT molecular complexity index is 1060. The Balaban J connectivity index is 1.58. The second-order valence-corrected chi connectivity index (χ2v) is 9.01. The predicted octanol–water partition coefficient (Wildman–Crippen LogP) is 4.29. The third kappa shape index (κ3) is 5.73. The Hall–Kier alpha value is -2.11. The van der Waals surface area contributed by atoms with Crippen LogP contribution in [-0.2, 0) is 11.8 Å². The van der Waals surface area contributed by atoms with Gasteiger partial charge in [0.2, 0.25) is 5.91 Å². The minimum absolute atomic E-state index is 0.133. The number of hydrogen-bond donors (Lipinski definition) is 2. The SMILES string of the molecule is CC(NC(=O)c1ccccc1Cl)c1nnc(SCC(=O)Nc2ccc(I)cc2)n1C. The van der Waals surface area contributed by atoms with Crippen molar-refractivity contribution < 1.29 is 9.59 Å². The first-order valence-electron chi connectivity index (χ1n) is 8.98. The van der Waals surface area contributed by atoms with Crippen LogP contribution in [0.5, 0.6) is 0 Å². The summed E-state index contributed by atoms with van der Waals surface area (Å²) in [4.78, 5) is 24.7. The topological polar surface area (TPSA) is 88.9 Å². The van der Waals surface area contributed by atoms with Gasteiger partial charge in [-0.15, -0.1) is 10.2 Å². The number of hydrogen-bond acceptors (Lipinski definition) is 5. The molecule has 0 aliphatic carbocycles. The molecule has 1 heterocycles. The van der Waals surface area contributed by atoms with Crippen LogP contribution in [0.4, 0.5) is 5.69 Å². The molecule has 1 unspecified atom stereocenters. The standard InChI is InChI=1S/C20H19ClIN5O2S/c1-12(23-19(29)15-5-3-4-6-16(15)21)18-25-26-20(27(18)2)30-11-17(28)24-14-9-7-13(22)8-10-14/h3-10,12H,11H2,1-2H3,(H,23,29)(H,24,28). The molecule has 3 rings (SSSR count). The maximum atomic E-state index is 12.5. The first-order chi connectivity index (χ1) is 14.3. The lowest BCUT2D eigenvalue weighted by Crippen LogP contribution is -2.28. The van der Waals surface area contributed by atoms with Crippen molar-refractivity contribution >= 4 is 63.5 Å². The lowest BCUT2D eigenvalue weighted by atomic mass is 10.2. The van der Waals surface area contributed by atoms with E-state index in [1.54, 1.807) is 35.9 Å². The molecular formula is C20H19ClIN5O2S. The van der Waals surface area contributed by atoms with E-state index in [-0.39, 0.29) is 23.6 Å². The van der Waals surface area contributed by atoms with E-state index in [1.165, 1.54) is 11.8 Å². The van der Waals surface area contributed by atoms with Crippen molar-refractivity contribution in [3.8, 4) is 0 Å². The maximum Gasteiger partial charge on any atom is 0.253 e. The van der Waals surface area contributed by atoms with Gasteiger partial charge in [-0.3, -0.25) is 9.59 Å². The van der Waals surface area contributed by atoms with Crippen molar-refractivity contribution in [1.29, 1.82) is 0 Å². The summed E-state index contributed by atoms with van der Waals surface area (Å²) in [6.07, 6.45) is 0. The summed E-state index contributed by atoms with van der Waals surface area (Å²) in [6.45, 7) is 1.82. The number of aromatic nitrogens is 3. The average Bonchev–Trinajstić information content (AvgIpc) is 3.09. The van der Waals surface area contributed by atoms with E-state index in [9.17, 15) is 9.59 Å². The highest BCUT2D eigenvalue weighted by atomic mass is 127. The van der Waals surface area contributed by atoms with E-state index < -0.39 is 0 Å². The fourth-order valence-corrected chi connectivity index (χ4v) is 3.97. The van der Waals surface area contributed by atoms with E-state index in [0.717, 1.165) is 9.26 Å².